The van der Waals surface area contributed by atoms with Gasteiger partial charge in [-0.15, -0.1) is 24.8 Å². The fraction of sp³-hybridized carbons (Fsp3) is 0.333. The van der Waals surface area contributed by atoms with Crippen LogP contribution in [-0.2, 0) is 56.8 Å². The van der Waals surface area contributed by atoms with Gasteiger partial charge in [0.05, 0.1) is 0 Å². The predicted octanol–water partition coefficient (Wildman–Crippen LogP) is 11.7. The van der Waals surface area contributed by atoms with Crippen molar-refractivity contribution in [3.8, 4) is 23.0 Å². The summed E-state index contributed by atoms with van der Waals surface area (Å²) < 4.78 is 31.6. The van der Waals surface area contributed by atoms with Crippen LogP contribution in [0.4, 0.5) is 0 Å². The second-order valence-corrected chi connectivity index (χ2v) is 15.2. The molecule has 0 bridgehead atoms. The van der Waals surface area contributed by atoms with Gasteiger partial charge in [0.2, 0.25) is 0 Å². The van der Waals surface area contributed by atoms with Crippen LogP contribution in [0.1, 0.15) is 71.2 Å². The van der Waals surface area contributed by atoms with Crippen LogP contribution in [0, 0.1) is 0 Å². The Hall–Kier alpha value is -5.02. The lowest BCUT2D eigenvalue weighted by Gasteiger charge is -2.19. The number of halogens is 2. The lowest BCUT2D eigenvalue weighted by atomic mass is 10.0. The number of hydrogen-bond donors (Lipinski definition) is 2. The minimum absolute atomic E-state index is 0. The van der Waals surface area contributed by atoms with Crippen molar-refractivity contribution in [1.29, 1.82) is 0 Å². The van der Waals surface area contributed by atoms with Crippen molar-refractivity contribution in [3.05, 3.63) is 190 Å². The first-order valence-corrected chi connectivity index (χ1v) is 22.2. The van der Waals surface area contributed by atoms with E-state index >= 15 is 0 Å². The van der Waals surface area contributed by atoms with Crippen molar-refractivity contribution in [2.75, 3.05) is 39.4 Å². The highest BCUT2D eigenvalue weighted by atomic mass is 35.5. The molecular formula is C54H66Cl2N2O5. The molecule has 0 spiro atoms. The molecule has 2 N–H and O–H groups in total. The second-order valence-electron chi connectivity index (χ2n) is 15.2. The van der Waals surface area contributed by atoms with E-state index in [0.29, 0.717) is 26.4 Å². The van der Waals surface area contributed by atoms with E-state index in [1.54, 1.807) is 0 Å². The third-order valence-electron chi connectivity index (χ3n) is 10.7. The molecule has 0 amide bonds. The summed E-state index contributed by atoms with van der Waals surface area (Å²) >= 11 is 0. The lowest BCUT2D eigenvalue weighted by Crippen LogP contribution is -2.21. The van der Waals surface area contributed by atoms with E-state index in [4.69, 9.17) is 23.7 Å². The molecule has 0 unspecified atom stereocenters. The SMILES string of the molecule is CCc1c(CCNCCCOCCCNCCc2ccc(OCc3ccccc3)c(OCc3ccccc3)c2CC)ccc(OCc2ccccc2)c1OCc1ccccc1.Cl.Cl. The topological polar surface area (TPSA) is 70.2 Å². The van der Waals surface area contributed by atoms with Gasteiger partial charge < -0.3 is 34.3 Å². The molecule has 336 valence electrons. The van der Waals surface area contributed by atoms with Crippen LogP contribution in [0.3, 0.4) is 0 Å². The van der Waals surface area contributed by atoms with Gasteiger partial charge in [0.25, 0.3) is 0 Å². The minimum atomic E-state index is 0. The zero-order valence-electron chi connectivity index (χ0n) is 37.0. The van der Waals surface area contributed by atoms with Crippen molar-refractivity contribution in [3.63, 3.8) is 0 Å². The molecule has 0 saturated carbocycles. The molecule has 0 aliphatic rings. The van der Waals surface area contributed by atoms with Crippen molar-refractivity contribution in [1.82, 2.24) is 10.6 Å². The predicted molar refractivity (Wildman–Crippen MR) is 262 cm³/mol. The highest BCUT2D eigenvalue weighted by molar-refractivity contribution is 5.85. The third-order valence-corrected chi connectivity index (χ3v) is 10.7. The first-order chi connectivity index (χ1) is 30.2. The standard InChI is InChI=1S/C54H64N2O5.2ClH/c1-3-49-47(27-29-51(58-39-43-19-9-5-10-20-43)53(49)60-41-45-23-13-7-14-24-45)31-35-55-33-17-37-57-38-18-34-56-36-32-48-28-30-52(59-40-44-21-11-6-12-22-44)54(50(48)4-2)61-42-46-25-15-8-16-26-46;;/h5-16,19-30,55-56H,3-4,17-18,31-42H2,1-2H3;2*1H. The van der Waals surface area contributed by atoms with Gasteiger partial charge in [-0.3, -0.25) is 0 Å². The van der Waals surface area contributed by atoms with Crippen LogP contribution in [-0.4, -0.2) is 39.4 Å². The van der Waals surface area contributed by atoms with Gasteiger partial charge in [-0.25, -0.2) is 0 Å². The molecule has 0 heterocycles. The fourth-order valence-corrected chi connectivity index (χ4v) is 7.41. The Balaban J connectivity index is 0.00000436. The second kappa shape index (κ2) is 29.4. The van der Waals surface area contributed by atoms with Gasteiger partial charge in [0.1, 0.15) is 26.4 Å². The highest BCUT2D eigenvalue weighted by Gasteiger charge is 2.17. The number of hydrogen-bond acceptors (Lipinski definition) is 7. The minimum Gasteiger partial charge on any atom is -0.485 e. The van der Waals surface area contributed by atoms with Crippen LogP contribution in [0.15, 0.2) is 146 Å². The Kier molecular flexibility index (Phi) is 23.6. The van der Waals surface area contributed by atoms with Crippen LogP contribution in [0.2, 0.25) is 0 Å². The van der Waals surface area contributed by atoms with Crippen molar-refractivity contribution >= 4 is 24.8 Å². The zero-order valence-corrected chi connectivity index (χ0v) is 38.7. The molecule has 0 fully saturated rings. The highest BCUT2D eigenvalue weighted by Crippen LogP contribution is 2.37. The van der Waals surface area contributed by atoms with Gasteiger partial charge in [-0.05, 0) is 110 Å². The molecule has 6 aromatic rings. The van der Waals surface area contributed by atoms with E-state index < -0.39 is 0 Å². The van der Waals surface area contributed by atoms with Crippen molar-refractivity contribution < 1.29 is 23.7 Å². The largest absolute Gasteiger partial charge is 0.485 e. The van der Waals surface area contributed by atoms with E-state index in [9.17, 15) is 0 Å². The maximum absolute atomic E-state index is 6.49. The van der Waals surface area contributed by atoms with Gasteiger partial charge in [0.15, 0.2) is 23.0 Å². The summed E-state index contributed by atoms with van der Waals surface area (Å²) in [5.41, 5.74) is 9.55. The summed E-state index contributed by atoms with van der Waals surface area (Å²) in [6, 6.07) is 49.7. The maximum Gasteiger partial charge on any atom is 0.165 e. The van der Waals surface area contributed by atoms with Gasteiger partial charge in [-0.2, -0.15) is 0 Å². The Bertz CT molecular complexity index is 1970. The fourth-order valence-electron chi connectivity index (χ4n) is 7.41. The summed E-state index contributed by atoms with van der Waals surface area (Å²) in [4.78, 5) is 0. The average Bonchev–Trinajstić information content (AvgIpc) is 3.31. The summed E-state index contributed by atoms with van der Waals surface area (Å²) in [5.74, 6) is 3.29. The van der Waals surface area contributed by atoms with Gasteiger partial charge in [-0.1, -0.05) is 147 Å². The van der Waals surface area contributed by atoms with Crippen LogP contribution >= 0.6 is 24.8 Å². The van der Waals surface area contributed by atoms with E-state index in [-0.39, 0.29) is 24.8 Å². The molecule has 9 heteroatoms. The Morgan fingerprint density at radius 3 is 1.05 bits per heavy atom. The molecular weight excluding hydrogens is 828 g/mol. The number of ether oxygens (including phenoxy) is 5. The molecule has 0 aliphatic carbocycles. The van der Waals surface area contributed by atoms with Crippen molar-refractivity contribution in [2.45, 2.75) is 78.8 Å². The molecule has 63 heavy (non-hydrogen) atoms. The quantitative estimate of drug-likeness (QED) is 0.0476. The lowest BCUT2D eigenvalue weighted by molar-refractivity contribution is 0.129. The molecule has 7 nitrogen and oxygen atoms in total. The molecule has 0 atom stereocenters. The van der Waals surface area contributed by atoms with Crippen LogP contribution in [0.25, 0.3) is 0 Å². The van der Waals surface area contributed by atoms with Crippen molar-refractivity contribution in [2.24, 2.45) is 0 Å². The summed E-state index contributed by atoms with van der Waals surface area (Å²) in [5, 5.41) is 7.25. The Labute approximate surface area is 388 Å². The number of benzene rings is 6. The average molecular weight is 894 g/mol. The molecule has 6 aromatic carbocycles. The van der Waals surface area contributed by atoms with Crippen LogP contribution < -0.4 is 29.6 Å². The van der Waals surface area contributed by atoms with E-state index in [0.717, 1.165) is 123 Å². The Morgan fingerprint density at radius 1 is 0.381 bits per heavy atom. The third kappa shape index (κ3) is 16.9. The molecule has 0 saturated heterocycles. The molecule has 0 radical (unpaired) electrons. The van der Waals surface area contributed by atoms with Gasteiger partial charge in [0, 0.05) is 24.3 Å². The number of nitrogens with one attached hydrogen (secondary N) is 2. The summed E-state index contributed by atoms with van der Waals surface area (Å²) in [6.45, 7) is 11.5. The van der Waals surface area contributed by atoms with E-state index in [1.165, 1.54) is 22.3 Å². The first-order valence-electron chi connectivity index (χ1n) is 22.2. The first kappa shape index (κ1) is 50.6. The summed E-state index contributed by atoms with van der Waals surface area (Å²) in [7, 11) is 0. The monoisotopic (exact) mass is 892 g/mol. The molecule has 0 aromatic heterocycles. The van der Waals surface area contributed by atoms with E-state index in [1.807, 2.05) is 72.8 Å². The maximum atomic E-state index is 6.49. The Morgan fingerprint density at radius 2 is 0.714 bits per heavy atom. The van der Waals surface area contributed by atoms with Crippen LogP contribution in [0.5, 0.6) is 23.0 Å². The molecule has 0 aliphatic heterocycles. The van der Waals surface area contributed by atoms with E-state index in [2.05, 4.69) is 97.3 Å². The number of rotatable bonds is 28. The molecule has 6 rings (SSSR count). The normalized spacial score (nSPS) is 10.7. The van der Waals surface area contributed by atoms with Gasteiger partial charge >= 0.3 is 0 Å². The zero-order chi connectivity index (χ0) is 42.2. The summed E-state index contributed by atoms with van der Waals surface area (Å²) in [6.07, 6.45) is 5.53. The smallest absolute Gasteiger partial charge is 0.165 e.